The highest BCUT2D eigenvalue weighted by Crippen LogP contribution is 2.16. The first-order valence-electron chi connectivity index (χ1n) is 5.48. The lowest BCUT2D eigenvalue weighted by molar-refractivity contribution is -0.118. The molecule has 4 nitrogen and oxygen atoms in total. The molecule has 0 unspecified atom stereocenters. The zero-order chi connectivity index (χ0) is 13.0. The molecule has 1 aliphatic rings. The second kappa shape index (κ2) is 6.14. The van der Waals surface area contributed by atoms with Crippen molar-refractivity contribution in [3.63, 3.8) is 0 Å². The van der Waals surface area contributed by atoms with E-state index in [9.17, 15) is 4.79 Å². The van der Waals surface area contributed by atoms with E-state index in [-0.39, 0.29) is 5.91 Å². The van der Waals surface area contributed by atoms with Crippen LogP contribution in [0.5, 0.6) is 0 Å². The Kier molecular flexibility index (Phi) is 4.54. The molecule has 18 heavy (non-hydrogen) atoms. The van der Waals surface area contributed by atoms with Crippen molar-refractivity contribution in [1.82, 2.24) is 10.6 Å². The van der Waals surface area contributed by atoms with Gasteiger partial charge in [0.25, 0.3) is 5.91 Å². The Morgan fingerprint density at radius 2 is 2.11 bits per heavy atom. The maximum Gasteiger partial charge on any atom is 0.267 e. The summed E-state index contributed by atoms with van der Waals surface area (Å²) in [6, 6.07) is 7.81. The molecule has 0 saturated carbocycles. The largest absolute Gasteiger partial charge is 0.350 e. The van der Waals surface area contributed by atoms with Crippen molar-refractivity contribution in [2.75, 3.05) is 11.9 Å². The lowest BCUT2D eigenvalue weighted by Gasteiger charge is -2.17. The molecule has 0 fully saturated rings. The number of carbonyl (C=O) groups is 1. The monoisotopic (exact) mass is 373 g/mol. The minimum atomic E-state index is -0.117. The normalized spacial score (nSPS) is 14.5. The molecular weight excluding hydrogens is 361 g/mol. The van der Waals surface area contributed by atoms with Crippen LogP contribution in [-0.4, -0.2) is 17.6 Å². The van der Waals surface area contributed by atoms with E-state index in [0.29, 0.717) is 17.4 Å². The molecule has 0 spiro atoms. The summed E-state index contributed by atoms with van der Waals surface area (Å²) in [5.41, 5.74) is 1.43. The van der Waals surface area contributed by atoms with Gasteiger partial charge in [0, 0.05) is 10.1 Å². The van der Waals surface area contributed by atoms with Gasteiger partial charge in [0.15, 0.2) is 5.11 Å². The van der Waals surface area contributed by atoms with Crippen LogP contribution in [0.15, 0.2) is 36.0 Å². The van der Waals surface area contributed by atoms with Gasteiger partial charge in [-0.3, -0.25) is 4.79 Å². The van der Waals surface area contributed by atoms with Crippen molar-refractivity contribution < 1.29 is 4.79 Å². The van der Waals surface area contributed by atoms with Crippen molar-refractivity contribution in [2.45, 2.75) is 6.42 Å². The molecule has 0 atom stereocenters. The Morgan fingerprint density at radius 1 is 1.33 bits per heavy atom. The predicted molar refractivity (Wildman–Crippen MR) is 84.2 cm³/mol. The first kappa shape index (κ1) is 13.3. The number of carbonyl (C=O) groups excluding carboxylic acids is 1. The molecule has 94 valence electrons. The Labute approximate surface area is 124 Å². The van der Waals surface area contributed by atoms with Gasteiger partial charge in [-0.05, 0) is 53.4 Å². The first-order chi connectivity index (χ1) is 8.66. The van der Waals surface area contributed by atoms with E-state index in [2.05, 4.69) is 38.5 Å². The van der Waals surface area contributed by atoms with Crippen LogP contribution >= 0.6 is 34.8 Å². The fraction of sp³-hybridized carbons (Fsp3) is 0.167. The van der Waals surface area contributed by atoms with Gasteiger partial charge in [0.1, 0.15) is 5.70 Å². The Bertz CT molecular complexity index is 516. The molecule has 1 aromatic rings. The minimum absolute atomic E-state index is 0.117. The molecule has 1 amide bonds. The number of rotatable bonds is 2. The van der Waals surface area contributed by atoms with Gasteiger partial charge in [-0.25, -0.2) is 0 Å². The van der Waals surface area contributed by atoms with Crippen molar-refractivity contribution in [1.29, 1.82) is 0 Å². The van der Waals surface area contributed by atoms with Gasteiger partial charge in [-0.2, -0.15) is 0 Å². The maximum absolute atomic E-state index is 11.5. The number of anilines is 1. The Balaban J connectivity index is 1.99. The molecule has 2 rings (SSSR count). The molecule has 6 heteroatoms. The fourth-order valence-electron chi connectivity index (χ4n) is 1.54. The topological polar surface area (TPSA) is 53.2 Å². The van der Waals surface area contributed by atoms with Crippen LogP contribution in [0.1, 0.15) is 6.42 Å². The third-order valence-electron chi connectivity index (χ3n) is 2.39. The zero-order valence-electron chi connectivity index (χ0n) is 9.50. The number of amides is 1. The van der Waals surface area contributed by atoms with E-state index in [0.717, 1.165) is 15.7 Å². The summed E-state index contributed by atoms with van der Waals surface area (Å²) < 4.78 is 1.07. The van der Waals surface area contributed by atoms with E-state index in [1.807, 2.05) is 30.3 Å². The van der Waals surface area contributed by atoms with Crippen LogP contribution < -0.4 is 16.0 Å². The van der Waals surface area contributed by atoms with Crippen molar-refractivity contribution in [3.8, 4) is 0 Å². The molecule has 1 aliphatic heterocycles. The molecular formula is C12H12IN3OS. The molecule has 0 radical (unpaired) electrons. The van der Waals surface area contributed by atoms with Gasteiger partial charge in [0.05, 0.1) is 5.69 Å². The van der Waals surface area contributed by atoms with E-state index in [1.165, 1.54) is 0 Å². The lowest BCUT2D eigenvalue weighted by Crippen LogP contribution is -2.39. The number of hydrogen-bond donors (Lipinski definition) is 3. The second-order valence-corrected chi connectivity index (χ2v) is 5.29. The van der Waals surface area contributed by atoms with E-state index in [4.69, 9.17) is 12.2 Å². The van der Waals surface area contributed by atoms with E-state index < -0.39 is 0 Å². The molecule has 1 heterocycles. The highest BCUT2D eigenvalue weighted by Gasteiger charge is 2.13. The Morgan fingerprint density at radius 3 is 2.83 bits per heavy atom. The third kappa shape index (κ3) is 3.42. The SMILES string of the molecule is O=C1NCCC=C1NC(=S)Nc1ccccc1I. The number of hydrogen-bond acceptors (Lipinski definition) is 2. The fourth-order valence-corrected chi connectivity index (χ4v) is 2.28. The van der Waals surface area contributed by atoms with Crippen molar-refractivity contribution in [3.05, 3.63) is 39.6 Å². The minimum Gasteiger partial charge on any atom is -0.350 e. The van der Waals surface area contributed by atoms with Gasteiger partial charge in [-0.1, -0.05) is 18.2 Å². The highest BCUT2D eigenvalue weighted by atomic mass is 127. The molecule has 0 saturated heterocycles. The smallest absolute Gasteiger partial charge is 0.267 e. The van der Waals surface area contributed by atoms with Crippen LogP contribution in [-0.2, 0) is 4.79 Å². The zero-order valence-corrected chi connectivity index (χ0v) is 12.5. The number of para-hydroxylation sites is 1. The Hall–Kier alpha value is -1.15. The molecule has 0 aliphatic carbocycles. The average molecular weight is 373 g/mol. The third-order valence-corrected chi connectivity index (χ3v) is 3.54. The molecule has 0 aromatic heterocycles. The number of benzene rings is 1. The average Bonchev–Trinajstić information content (AvgIpc) is 2.35. The van der Waals surface area contributed by atoms with E-state index in [1.54, 1.807) is 0 Å². The highest BCUT2D eigenvalue weighted by molar-refractivity contribution is 14.1. The van der Waals surface area contributed by atoms with Crippen LogP contribution in [0.2, 0.25) is 0 Å². The predicted octanol–water partition coefficient (Wildman–Crippen LogP) is 1.98. The van der Waals surface area contributed by atoms with Gasteiger partial charge in [-0.15, -0.1) is 0 Å². The van der Waals surface area contributed by atoms with Gasteiger partial charge in [0.2, 0.25) is 0 Å². The molecule has 0 bridgehead atoms. The summed E-state index contributed by atoms with van der Waals surface area (Å²) in [7, 11) is 0. The molecule has 1 aromatic carbocycles. The summed E-state index contributed by atoms with van der Waals surface area (Å²) in [5, 5.41) is 9.15. The standard InChI is InChI=1S/C12H12IN3OS/c13-8-4-1-2-5-9(8)15-12(18)16-10-6-3-7-14-11(10)17/h1-2,4-6H,3,7H2,(H,14,17)(H2,15,16,18). The molecule has 3 N–H and O–H groups in total. The summed E-state index contributed by atoms with van der Waals surface area (Å²) in [6.45, 7) is 0.681. The second-order valence-electron chi connectivity index (χ2n) is 3.72. The number of nitrogens with one attached hydrogen (secondary N) is 3. The van der Waals surface area contributed by atoms with Gasteiger partial charge >= 0.3 is 0 Å². The summed E-state index contributed by atoms with van der Waals surface area (Å²) in [6.07, 6.45) is 2.67. The van der Waals surface area contributed by atoms with E-state index >= 15 is 0 Å². The number of thiocarbonyl (C=S) groups is 1. The van der Waals surface area contributed by atoms with Crippen LogP contribution in [0.25, 0.3) is 0 Å². The van der Waals surface area contributed by atoms with Gasteiger partial charge < -0.3 is 16.0 Å². The number of halogens is 1. The van der Waals surface area contributed by atoms with Crippen LogP contribution in [0.3, 0.4) is 0 Å². The quantitative estimate of drug-likeness (QED) is 0.548. The van der Waals surface area contributed by atoms with Crippen molar-refractivity contribution >= 4 is 51.5 Å². The van der Waals surface area contributed by atoms with Crippen molar-refractivity contribution in [2.24, 2.45) is 0 Å². The maximum atomic E-state index is 11.5. The lowest BCUT2D eigenvalue weighted by atomic mass is 10.2. The van der Waals surface area contributed by atoms with Crippen LogP contribution in [0.4, 0.5) is 5.69 Å². The first-order valence-corrected chi connectivity index (χ1v) is 6.96. The summed E-state index contributed by atoms with van der Waals surface area (Å²) in [5.74, 6) is -0.117. The summed E-state index contributed by atoms with van der Waals surface area (Å²) in [4.78, 5) is 11.5. The summed E-state index contributed by atoms with van der Waals surface area (Å²) >= 11 is 7.41. The van der Waals surface area contributed by atoms with Crippen LogP contribution in [0, 0.1) is 3.57 Å².